The average Bonchev–Trinajstić information content (AvgIpc) is 3.08. The molecule has 260 valence electrons. The van der Waals surface area contributed by atoms with Gasteiger partial charge in [-0.1, -0.05) is 38.1 Å². The fourth-order valence-corrected chi connectivity index (χ4v) is 4.62. The van der Waals surface area contributed by atoms with Gasteiger partial charge in [0, 0.05) is 11.0 Å². The molecule has 0 aliphatic carbocycles. The highest BCUT2D eigenvalue weighted by atomic mass is 16.6. The number of aliphatic hydroxyl groups is 2. The molecule has 13 heteroatoms. The van der Waals surface area contributed by atoms with Crippen molar-refractivity contribution in [3.8, 4) is 40.2 Å². The molecule has 0 heterocycles. The molecule has 0 radical (unpaired) electrons. The van der Waals surface area contributed by atoms with Crippen molar-refractivity contribution in [1.29, 1.82) is 0 Å². The zero-order chi connectivity index (χ0) is 35.9. The van der Waals surface area contributed by atoms with E-state index in [4.69, 9.17) is 18.9 Å². The van der Waals surface area contributed by atoms with Crippen molar-refractivity contribution in [2.45, 2.75) is 38.4 Å². The van der Waals surface area contributed by atoms with E-state index in [0.29, 0.717) is 11.5 Å². The average molecular weight is 679 g/mol. The molecule has 0 amide bonds. The highest BCUT2D eigenvalue weighted by Crippen LogP contribution is 2.36. The van der Waals surface area contributed by atoms with Gasteiger partial charge in [0.2, 0.25) is 0 Å². The van der Waals surface area contributed by atoms with Crippen LogP contribution in [-0.2, 0) is 14.9 Å². The first kappa shape index (κ1) is 36.2. The largest absolute Gasteiger partial charge is 0.508 e. The summed E-state index contributed by atoms with van der Waals surface area (Å²) in [5, 5.41) is 68.5. The molecule has 4 rings (SSSR count). The molecule has 0 saturated carbocycles. The van der Waals surface area contributed by atoms with E-state index in [2.05, 4.69) is 0 Å². The van der Waals surface area contributed by atoms with Gasteiger partial charge in [0.25, 0.3) is 0 Å². The Bertz CT molecular complexity index is 1590. The van der Waals surface area contributed by atoms with Crippen LogP contribution >= 0.6 is 0 Å². The summed E-state index contributed by atoms with van der Waals surface area (Å²) in [5.41, 5.74) is 1.49. The van der Waals surface area contributed by atoms with Crippen molar-refractivity contribution in [2.24, 2.45) is 0 Å². The van der Waals surface area contributed by atoms with Crippen LogP contribution in [0.5, 0.6) is 40.2 Å². The first-order valence-electron chi connectivity index (χ1n) is 15.1. The number of phenols is 5. The van der Waals surface area contributed by atoms with Crippen molar-refractivity contribution in [1.82, 2.24) is 0 Å². The van der Waals surface area contributed by atoms with Crippen molar-refractivity contribution >= 4 is 11.9 Å². The third-order valence-corrected chi connectivity index (χ3v) is 7.74. The van der Waals surface area contributed by atoms with Gasteiger partial charge in [-0.15, -0.1) is 0 Å². The smallest absolute Gasteiger partial charge is 0.338 e. The van der Waals surface area contributed by atoms with Gasteiger partial charge in [-0.2, -0.15) is 0 Å². The number of ether oxygens (including phenoxy) is 4. The molecule has 0 aliphatic rings. The number of hydrogen-bond acceptors (Lipinski definition) is 13. The Kier molecular flexibility index (Phi) is 11.4. The van der Waals surface area contributed by atoms with E-state index in [1.807, 2.05) is 38.1 Å². The van der Waals surface area contributed by atoms with E-state index >= 15 is 0 Å². The van der Waals surface area contributed by atoms with Crippen LogP contribution in [0.1, 0.15) is 51.3 Å². The van der Waals surface area contributed by atoms with Crippen LogP contribution in [0.15, 0.2) is 72.8 Å². The fourth-order valence-electron chi connectivity index (χ4n) is 4.62. The van der Waals surface area contributed by atoms with Crippen LogP contribution in [0.3, 0.4) is 0 Å². The summed E-state index contributed by atoms with van der Waals surface area (Å²) in [6, 6.07) is 18.7. The Balaban J connectivity index is 1.22. The normalized spacial score (nSPS) is 12.5. The lowest BCUT2D eigenvalue weighted by Crippen LogP contribution is -2.25. The van der Waals surface area contributed by atoms with Crippen LogP contribution < -0.4 is 9.47 Å². The van der Waals surface area contributed by atoms with Crippen LogP contribution in [-0.4, -0.2) is 86.3 Å². The molecule has 0 bridgehead atoms. The molecule has 0 fully saturated rings. The Morgan fingerprint density at radius 2 is 0.939 bits per heavy atom. The van der Waals surface area contributed by atoms with Crippen molar-refractivity contribution in [2.75, 3.05) is 26.4 Å². The minimum absolute atomic E-state index is 0.0525. The number of aromatic hydroxyl groups is 5. The zero-order valence-corrected chi connectivity index (χ0v) is 27.0. The molecule has 0 aliphatic heterocycles. The molecule has 4 aromatic rings. The van der Waals surface area contributed by atoms with Crippen LogP contribution in [0.4, 0.5) is 0 Å². The SMILES string of the molecule is Cc1c(O)cc(C(=O)OCC(O)COc2ccc(C(C)(C)c3ccc(OCC(O)COC(=O)c4cc(O)c(O)c(O)c4)cc3)cc2)cc1O. The Morgan fingerprint density at radius 1 is 0.592 bits per heavy atom. The quantitative estimate of drug-likeness (QED) is 0.0742. The maximum Gasteiger partial charge on any atom is 0.338 e. The molecule has 0 spiro atoms. The molecule has 7 N–H and O–H groups in total. The van der Waals surface area contributed by atoms with Crippen LogP contribution in [0.25, 0.3) is 0 Å². The second-order valence-electron chi connectivity index (χ2n) is 11.8. The van der Waals surface area contributed by atoms with E-state index in [0.717, 1.165) is 23.3 Å². The molecular formula is C36H38O13. The summed E-state index contributed by atoms with van der Waals surface area (Å²) in [4.78, 5) is 24.4. The maximum atomic E-state index is 12.2. The van der Waals surface area contributed by atoms with Gasteiger partial charge in [0.1, 0.15) is 61.6 Å². The van der Waals surface area contributed by atoms with E-state index in [1.54, 1.807) is 24.3 Å². The summed E-state index contributed by atoms with van der Waals surface area (Å²) in [5.74, 6) is -3.41. The minimum atomic E-state index is -1.17. The highest BCUT2D eigenvalue weighted by Gasteiger charge is 2.24. The van der Waals surface area contributed by atoms with Crippen molar-refractivity contribution < 1.29 is 64.3 Å². The third-order valence-electron chi connectivity index (χ3n) is 7.74. The molecule has 2 atom stereocenters. The maximum absolute atomic E-state index is 12.2. The minimum Gasteiger partial charge on any atom is -0.508 e. The fraction of sp³-hybridized carbons (Fsp3) is 0.278. The predicted octanol–water partition coefficient (Wildman–Crippen LogP) is 4.04. The molecule has 2 unspecified atom stereocenters. The topological polar surface area (TPSA) is 213 Å². The summed E-state index contributed by atoms with van der Waals surface area (Å²) in [7, 11) is 0. The first-order valence-corrected chi connectivity index (χ1v) is 15.1. The molecule has 49 heavy (non-hydrogen) atoms. The molecule has 4 aromatic carbocycles. The number of aliphatic hydroxyl groups excluding tert-OH is 2. The second kappa shape index (κ2) is 15.5. The lowest BCUT2D eigenvalue weighted by atomic mass is 9.78. The molecule has 0 aromatic heterocycles. The molecular weight excluding hydrogens is 640 g/mol. The van der Waals surface area contributed by atoms with E-state index in [9.17, 15) is 45.3 Å². The van der Waals surface area contributed by atoms with Gasteiger partial charge in [-0.05, 0) is 66.6 Å². The highest BCUT2D eigenvalue weighted by molar-refractivity contribution is 5.91. The Morgan fingerprint density at radius 3 is 1.31 bits per heavy atom. The van der Waals surface area contributed by atoms with Gasteiger partial charge in [0.05, 0.1) is 11.1 Å². The Hall–Kier alpha value is -5.66. The van der Waals surface area contributed by atoms with Crippen LogP contribution in [0, 0.1) is 6.92 Å². The van der Waals surface area contributed by atoms with Gasteiger partial charge in [-0.25, -0.2) is 9.59 Å². The van der Waals surface area contributed by atoms with E-state index in [1.165, 1.54) is 19.1 Å². The summed E-state index contributed by atoms with van der Waals surface area (Å²) < 4.78 is 21.3. The first-order chi connectivity index (χ1) is 23.1. The molecule has 13 nitrogen and oxygen atoms in total. The monoisotopic (exact) mass is 678 g/mol. The van der Waals surface area contributed by atoms with Crippen LogP contribution in [0.2, 0.25) is 0 Å². The van der Waals surface area contributed by atoms with E-state index < -0.39 is 53.4 Å². The molecule has 0 saturated heterocycles. The summed E-state index contributed by atoms with van der Waals surface area (Å²) in [6.07, 6.45) is -2.29. The number of benzene rings is 4. The van der Waals surface area contributed by atoms with Gasteiger partial charge in [-0.3, -0.25) is 0 Å². The number of carbonyl (C=O) groups is 2. The van der Waals surface area contributed by atoms with Gasteiger partial charge >= 0.3 is 11.9 Å². The third kappa shape index (κ3) is 9.24. The standard InChI is InChI=1S/C36H38O13/c1-20-29(39)12-21(13-30(20)40)34(44)48-18-25(37)16-46-27-8-4-23(5-9-27)36(2,3)24-6-10-28(11-7-24)47-17-26(38)19-49-35(45)22-14-31(41)33(43)32(42)15-22/h4-15,25-26,37-43H,16-19H2,1-3H3. The lowest BCUT2D eigenvalue weighted by molar-refractivity contribution is 0.0127. The second-order valence-corrected chi connectivity index (χ2v) is 11.8. The zero-order valence-electron chi connectivity index (χ0n) is 27.0. The number of rotatable bonds is 14. The van der Waals surface area contributed by atoms with Crippen molar-refractivity contribution in [3.05, 3.63) is 101 Å². The number of carbonyl (C=O) groups excluding carboxylic acids is 2. The number of esters is 2. The van der Waals surface area contributed by atoms with Crippen molar-refractivity contribution in [3.63, 3.8) is 0 Å². The number of phenolic OH excluding ortho intramolecular Hbond substituents is 5. The van der Waals surface area contributed by atoms with Gasteiger partial charge in [0.15, 0.2) is 17.2 Å². The lowest BCUT2D eigenvalue weighted by Gasteiger charge is -2.26. The predicted molar refractivity (Wildman–Crippen MR) is 175 cm³/mol. The van der Waals surface area contributed by atoms with E-state index in [-0.39, 0.29) is 48.0 Å². The number of hydrogen-bond donors (Lipinski definition) is 7. The van der Waals surface area contributed by atoms with Gasteiger partial charge < -0.3 is 54.7 Å². The summed E-state index contributed by atoms with van der Waals surface area (Å²) in [6.45, 7) is 4.48. The Labute approximate surface area is 281 Å². The summed E-state index contributed by atoms with van der Waals surface area (Å²) >= 11 is 0.